The molecule has 0 aliphatic carbocycles. The van der Waals surface area contributed by atoms with Crippen molar-refractivity contribution in [3.8, 4) is 11.4 Å². The molecule has 0 fully saturated rings. The van der Waals surface area contributed by atoms with Crippen molar-refractivity contribution in [2.45, 2.75) is 6.92 Å². The van der Waals surface area contributed by atoms with Gasteiger partial charge in [-0.25, -0.2) is 48.6 Å². The molecular formula is C31H10F9N3O6. The van der Waals surface area contributed by atoms with Gasteiger partial charge < -0.3 is 0 Å². The van der Waals surface area contributed by atoms with Crippen molar-refractivity contribution in [1.29, 1.82) is 0 Å². The first kappa shape index (κ1) is 32.6. The maximum atomic E-state index is 14.6. The molecule has 248 valence electrons. The van der Waals surface area contributed by atoms with Crippen LogP contribution < -0.4 is 33.4 Å². The number of benzene rings is 4. The van der Waals surface area contributed by atoms with Crippen LogP contribution in [0.4, 0.5) is 39.5 Å². The van der Waals surface area contributed by atoms with Gasteiger partial charge in [0, 0.05) is 30.3 Å². The van der Waals surface area contributed by atoms with E-state index in [1.165, 1.54) is 6.92 Å². The molecule has 9 nitrogen and oxygen atoms in total. The fraction of sp³-hybridized carbons (Fsp3) is 0.0323. The van der Waals surface area contributed by atoms with Crippen LogP contribution in [0.15, 0.2) is 65.2 Å². The molecule has 0 bridgehead atoms. The van der Waals surface area contributed by atoms with Crippen molar-refractivity contribution in [2.24, 2.45) is 0 Å². The molecule has 49 heavy (non-hydrogen) atoms. The molecule has 0 amide bonds. The minimum Gasteiger partial charge on any atom is -0.288 e. The van der Waals surface area contributed by atoms with E-state index in [9.17, 15) is 68.3 Å². The number of aromatic nitrogens is 3. The zero-order chi connectivity index (χ0) is 36.0. The van der Waals surface area contributed by atoms with Crippen LogP contribution in [0.5, 0.6) is 0 Å². The van der Waals surface area contributed by atoms with Gasteiger partial charge in [-0.3, -0.25) is 33.8 Å². The lowest BCUT2D eigenvalue weighted by Gasteiger charge is -2.03. The molecule has 0 atom stereocenters. The summed E-state index contributed by atoms with van der Waals surface area (Å²) in [5, 5.41) is -5.65. The molecule has 0 aliphatic heterocycles. The van der Waals surface area contributed by atoms with Crippen LogP contribution in [0.1, 0.15) is 5.56 Å². The Bertz CT molecular complexity index is 2710. The van der Waals surface area contributed by atoms with Crippen molar-refractivity contribution in [3.63, 3.8) is 0 Å². The number of hydrogen-bond acceptors (Lipinski definition) is 6. The van der Waals surface area contributed by atoms with E-state index in [1.54, 1.807) is 4.98 Å². The summed E-state index contributed by atoms with van der Waals surface area (Å²) in [7, 11) is 0. The molecule has 0 aliphatic rings. The van der Waals surface area contributed by atoms with Gasteiger partial charge in [0.2, 0.25) is 0 Å². The van der Waals surface area contributed by atoms with Crippen molar-refractivity contribution in [3.05, 3.63) is 156 Å². The summed E-state index contributed by atoms with van der Waals surface area (Å²) < 4.78 is 120. The van der Waals surface area contributed by atoms with E-state index in [0.29, 0.717) is 6.07 Å². The Hall–Kier alpha value is -6.33. The van der Waals surface area contributed by atoms with Crippen LogP contribution in [0, 0.1) is 59.3 Å². The van der Waals surface area contributed by atoms with Crippen molar-refractivity contribution in [1.82, 2.24) is 14.1 Å². The lowest BCUT2D eigenvalue weighted by atomic mass is 10.0. The second kappa shape index (κ2) is 11.1. The van der Waals surface area contributed by atoms with E-state index in [1.807, 2.05) is 0 Å². The Labute approximate surface area is 261 Å². The summed E-state index contributed by atoms with van der Waals surface area (Å²) >= 11 is 0. The van der Waals surface area contributed by atoms with Gasteiger partial charge in [-0.2, -0.15) is 0 Å². The normalized spacial score (nSPS) is 11.6. The smallest absolute Gasteiger partial charge is 0.267 e. The molecule has 0 radical (unpaired) electrons. The topological polar surface area (TPSA) is 128 Å². The maximum Gasteiger partial charge on any atom is 0.267 e. The molecule has 7 rings (SSSR count). The van der Waals surface area contributed by atoms with Gasteiger partial charge in [0.05, 0.1) is 43.7 Å². The maximum absolute atomic E-state index is 14.6. The molecule has 0 saturated carbocycles. The summed E-state index contributed by atoms with van der Waals surface area (Å²) in [5.74, 6) is -12.8. The molecule has 1 N–H and O–H groups in total. The van der Waals surface area contributed by atoms with Gasteiger partial charge in [0.25, 0.3) is 33.4 Å². The number of fused-ring (bicyclic) bond motifs is 6. The molecular weight excluding hydrogens is 681 g/mol. The fourth-order valence-electron chi connectivity index (χ4n) is 5.35. The van der Waals surface area contributed by atoms with Crippen molar-refractivity contribution < 1.29 is 39.5 Å². The SMILES string of the molecule is Cc1cc(F)c(F)cc1F.O=c1[nH]c(=O)c2c1c1c(=O)n(-c3cc(F)c(F)cc3F)c(=O)c1c1c(=O)n(-c3cc(F)c(F)cc3F)c(=O)c21. The summed E-state index contributed by atoms with van der Waals surface area (Å²) in [5.41, 5.74) is -11.0. The minimum absolute atomic E-state index is 0.0154. The number of rotatable bonds is 2. The van der Waals surface area contributed by atoms with Gasteiger partial charge in [0.1, 0.15) is 5.82 Å². The standard InChI is InChI=1S/C24H5F6N3O6.C7H5F3/c25-5-1-9(29)11(3-7(5)27)32-21(36)15-13-14(20(35)31-19(13)34)16-18(17(15)23(32)38)24(39)33(22(16)37)12-4-8(28)6(26)2-10(12)30;1-4-2-6(9)7(10)3-5(4)8/h1-4H,(H,31,34,35);2-3H,1H3. The molecule has 3 heterocycles. The van der Waals surface area contributed by atoms with Gasteiger partial charge in [-0.05, 0) is 18.6 Å². The highest BCUT2D eigenvalue weighted by atomic mass is 19.2. The monoisotopic (exact) mass is 691 g/mol. The van der Waals surface area contributed by atoms with E-state index >= 15 is 0 Å². The zero-order valence-corrected chi connectivity index (χ0v) is 23.7. The van der Waals surface area contributed by atoms with E-state index in [0.717, 1.165) is 6.07 Å². The largest absolute Gasteiger partial charge is 0.288 e. The molecule has 0 unspecified atom stereocenters. The Kier molecular flexibility index (Phi) is 7.41. The van der Waals surface area contributed by atoms with E-state index in [4.69, 9.17) is 0 Å². The number of hydrogen-bond donors (Lipinski definition) is 1. The van der Waals surface area contributed by atoms with Crippen LogP contribution in [0.3, 0.4) is 0 Å². The second-order valence-electron chi connectivity index (χ2n) is 10.4. The average Bonchev–Trinajstić information content (AvgIpc) is 3.56. The number of nitrogens with zero attached hydrogens (tertiary/aromatic N) is 2. The molecule has 3 aromatic heterocycles. The van der Waals surface area contributed by atoms with Gasteiger partial charge in [-0.15, -0.1) is 0 Å². The van der Waals surface area contributed by atoms with Crippen molar-refractivity contribution >= 4 is 32.3 Å². The van der Waals surface area contributed by atoms with Crippen LogP contribution in [-0.4, -0.2) is 14.1 Å². The molecule has 7 aromatic rings. The summed E-state index contributed by atoms with van der Waals surface area (Å²) in [6.45, 7) is 1.37. The average molecular weight is 691 g/mol. The Morgan fingerprint density at radius 1 is 0.388 bits per heavy atom. The first-order valence-electron chi connectivity index (χ1n) is 13.2. The van der Waals surface area contributed by atoms with Crippen LogP contribution >= 0.6 is 0 Å². The predicted molar refractivity (Wildman–Crippen MR) is 154 cm³/mol. The minimum atomic E-state index is -1.68. The van der Waals surface area contributed by atoms with E-state index in [2.05, 4.69) is 0 Å². The third-order valence-corrected chi connectivity index (χ3v) is 7.51. The summed E-state index contributed by atoms with van der Waals surface area (Å²) in [4.78, 5) is 80.4. The van der Waals surface area contributed by atoms with Crippen LogP contribution in [0.25, 0.3) is 43.7 Å². The third-order valence-electron chi connectivity index (χ3n) is 7.51. The molecule has 0 spiro atoms. The molecule has 0 saturated heterocycles. The Balaban J connectivity index is 0.000000359. The fourth-order valence-corrected chi connectivity index (χ4v) is 5.35. The highest BCUT2D eigenvalue weighted by Gasteiger charge is 2.31. The summed E-state index contributed by atoms with van der Waals surface area (Å²) in [6.07, 6.45) is 0. The lowest BCUT2D eigenvalue weighted by molar-refractivity contribution is 0.492. The van der Waals surface area contributed by atoms with Crippen molar-refractivity contribution in [2.75, 3.05) is 0 Å². The first-order chi connectivity index (χ1) is 23.0. The Morgan fingerprint density at radius 2 is 0.673 bits per heavy atom. The van der Waals surface area contributed by atoms with Crippen LogP contribution in [0.2, 0.25) is 0 Å². The Morgan fingerprint density at radius 3 is 1.02 bits per heavy atom. The zero-order valence-electron chi connectivity index (χ0n) is 23.7. The van der Waals surface area contributed by atoms with E-state index in [-0.39, 0.29) is 39.0 Å². The van der Waals surface area contributed by atoms with Gasteiger partial charge in [0.15, 0.2) is 46.5 Å². The highest BCUT2D eigenvalue weighted by Crippen LogP contribution is 2.28. The highest BCUT2D eigenvalue weighted by molar-refractivity contribution is 6.25. The third kappa shape index (κ3) is 4.74. The molecule has 4 aromatic carbocycles. The van der Waals surface area contributed by atoms with Gasteiger partial charge in [-0.1, -0.05) is 0 Å². The second-order valence-corrected chi connectivity index (χ2v) is 10.4. The quantitative estimate of drug-likeness (QED) is 0.217. The van der Waals surface area contributed by atoms with Crippen LogP contribution in [-0.2, 0) is 0 Å². The number of halogens is 9. The summed E-state index contributed by atoms with van der Waals surface area (Å²) in [6, 6.07) is 1.68. The molecule has 18 heteroatoms. The predicted octanol–water partition coefficient (Wildman–Crippen LogP) is 3.78. The van der Waals surface area contributed by atoms with Gasteiger partial charge >= 0.3 is 0 Å². The number of aromatic amines is 1. The van der Waals surface area contributed by atoms with E-state index < -0.39 is 129 Å². The number of aryl methyl sites for hydroxylation is 1. The number of nitrogens with one attached hydrogen (secondary N) is 1. The lowest BCUT2D eigenvalue weighted by Crippen LogP contribution is -2.26. The number of H-pyrrole nitrogens is 1. The first-order valence-corrected chi connectivity index (χ1v) is 13.2.